The molecule has 212 valence electrons. The van der Waals surface area contributed by atoms with Crippen molar-refractivity contribution in [1.29, 1.82) is 0 Å². The molecule has 40 heavy (non-hydrogen) atoms. The lowest BCUT2D eigenvalue weighted by molar-refractivity contribution is -0.274. The number of alkyl halides is 3. The van der Waals surface area contributed by atoms with Gasteiger partial charge < -0.3 is 19.5 Å². The predicted octanol–water partition coefficient (Wildman–Crippen LogP) is 6.05. The molecule has 7 nitrogen and oxygen atoms in total. The van der Waals surface area contributed by atoms with Gasteiger partial charge in [-0.15, -0.1) is 13.2 Å². The third kappa shape index (κ3) is 5.80. The molecule has 3 aromatic rings. The molecule has 0 aromatic heterocycles. The molecule has 3 aromatic carbocycles. The fraction of sp³-hybridized carbons (Fsp3) is 0.345. The number of hydrogen-bond acceptors (Lipinski definition) is 7. The predicted molar refractivity (Wildman–Crippen MR) is 140 cm³/mol. The fourth-order valence-corrected chi connectivity index (χ4v) is 7.67. The maximum atomic E-state index is 14.2. The van der Waals surface area contributed by atoms with E-state index in [1.165, 1.54) is 36.4 Å². The van der Waals surface area contributed by atoms with Gasteiger partial charge in [0, 0.05) is 0 Å². The molecule has 1 saturated carbocycles. The first-order chi connectivity index (χ1) is 19.0. The van der Waals surface area contributed by atoms with E-state index >= 15 is 0 Å². The Labute approximate surface area is 230 Å². The van der Waals surface area contributed by atoms with Gasteiger partial charge in [-0.05, 0) is 111 Å². The Hall–Kier alpha value is -3.57. The number of ether oxygens (including phenoxy) is 3. The number of carbonyl (C=O) groups excluding carboxylic acids is 1. The highest BCUT2D eigenvalue weighted by Crippen LogP contribution is 2.54. The normalized spacial score (nSPS) is 20.7. The van der Waals surface area contributed by atoms with Gasteiger partial charge in [0.25, 0.3) is 0 Å². The number of piperidine rings is 1. The minimum Gasteiger partial charge on any atom is -0.457 e. The zero-order valence-corrected chi connectivity index (χ0v) is 22.3. The molecule has 0 radical (unpaired) electrons. The van der Waals surface area contributed by atoms with Gasteiger partial charge in [0.1, 0.15) is 23.0 Å². The van der Waals surface area contributed by atoms with Crippen LogP contribution in [-0.2, 0) is 14.6 Å². The summed E-state index contributed by atoms with van der Waals surface area (Å²) in [5, 5.41) is 3.31. The van der Waals surface area contributed by atoms with Gasteiger partial charge in [-0.25, -0.2) is 13.2 Å². The average molecular weight is 576 g/mol. The Kier molecular flexibility index (Phi) is 7.54. The summed E-state index contributed by atoms with van der Waals surface area (Å²) in [4.78, 5) is 13.6. The maximum Gasteiger partial charge on any atom is 0.573 e. The van der Waals surface area contributed by atoms with Gasteiger partial charge in [-0.3, -0.25) is 0 Å². The van der Waals surface area contributed by atoms with E-state index in [1.807, 2.05) is 0 Å². The van der Waals surface area contributed by atoms with Crippen molar-refractivity contribution in [2.24, 2.45) is 5.41 Å². The van der Waals surface area contributed by atoms with Crippen molar-refractivity contribution in [2.45, 2.75) is 48.1 Å². The SMILES string of the molecule is O=C(Oc1ccccc1)C1(S(=O)(=O)c2ccc(Oc3ccc(OC(F)(F)F)cc3)cc2)CCC2(CCNCC2)C1. The molecule has 1 N–H and O–H groups in total. The summed E-state index contributed by atoms with van der Waals surface area (Å²) in [5.41, 5.74) is -0.265. The van der Waals surface area contributed by atoms with E-state index in [4.69, 9.17) is 9.47 Å². The van der Waals surface area contributed by atoms with Crippen LogP contribution in [0.4, 0.5) is 13.2 Å². The number of rotatable bonds is 7. The van der Waals surface area contributed by atoms with Crippen LogP contribution in [-0.4, -0.2) is 38.6 Å². The van der Waals surface area contributed by atoms with Gasteiger partial charge in [0.15, 0.2) is 14.6 Å². The third-order valence-electron chi connectivity index (χ3n) is 7.65. The van der Waals surface area contributed by atoms with Crippen LogP contribution in [0.25, 0.3) is 0 Å². The smallest absolute Gasteiger partial charge is 0.457 e. The van der Waals surface area contributed by atoms with Crippen molar-refractivity contribution in [3.8, 4) is 23.0 Å². The lowest BCUT2D eigenvalue weighted by Gasteiger charge is -2.36. The Morgan fingerprint density at radius 1 is 0.750 bits per heavy atom. The summed E-state index contributed by atoms with van der Waals surface area (Å²) < 4.78 is 78.9. The van der Waals surface area contributed by atoms with Gasteiger partial charge >= 0.3 is 12.3 Å². The second-order valence-corrected chi connectivity index (χ2v) is 12.5. The Bertz CT molecular complexity index is 1440. The summed E-state index contributed by atoms with van der Waals surface area (Å²) in [7, 11) is -4.18. The number of para-hydroxylation sites is 1. The van der Waals surface area contributed by atoms with Crippen LogP contribution in [0, 0.1) is 5.41 Å². The first-order valence-electron chi connectivity index (χ1n) is 12.9. The van der Waals surface area contributed by atoms with E-state index in [0.717, 1.165) is 38.1 Å². The second-order valence-electron chi connectivity index (χ2n) is 10.2. The highest BCUT2D eigenvalue weighted by atomic mass is 32.2. The summed E-state index contributed by atoms with van der Waals surface area (Å²) in [6.07, 6.45) is -2.30. The van der Waals surface area contributed by atoms with E-state index < -0.39 is 32.7 Å². The highest BCUT2D eigenvalue weighted by molar-refractivity contribution is 7.93. The molecule has 1 atom stereocenters. The molecule has 5 rings (SSSR count). The average Bonchev–Trinajstić information content (AvgIpc) is 3.31. The molecule has 1 aliphatic carbocycles. The van der Waals surface area contributed by atoms with Crippen LogP contribution in [0.15, 0.2) is 83.8 Å². The van der Waals surface area contributed by atoms with E-state index in [9.17, 15) is 26.4 Å². The Balaban J connectivity index is 1.39. The molecule has 1 spiro atoms. The van der Waals surface area contributed by atoms with Crippen molar-refractivity contribution >= 4 is 15.8 Å². The number of sulfone groups is 1. The van der Waals surface area contributed by atoms with Gasteiger partial charge in [-0.1, -0.05) is 18.2 Å². The molecule has 1 unspecified atom stereocenters. The quantitative estimate of drug-likeness (QED) is 0.271. The fourth-order valence-electron chi connectivity index (χ4n) is 5.59. The molecule has 1 saturated heterocycles. The number of hydrogen-bond donors (Lipinski definition) is 1. The van der Waals surface area contributed by atoms with Gasteiger partial charge in [0.2, 0.25) is 0 Å². The molecule has 1 heterocycles. The first kappa shape index (κ1) is 28.0. The lowest BCUT2D eigenvalue weighted by Crippen LogP contribution is -2.48. The topological polar surface area (TPSA) is 90.9 Å². The summed E-state index contributed by atoms with van der Waals surface area (Å²) >= 11 is 0. The van der Waals surface area contributed by atoms with E-state index in [0.29, 0.717) is 6.42 Å². The standard InChI is InChI=1S/C29H28F3NO6S/c30-29(31,32)39-24-8-6-22(7-9-24)37-23-10-12-25(13-11-23)40(35,36)28(26(34)38-21-4-2-1-3-5-21)15-14-27(20-28)16-18-33-19-17-27/h1-13,33H,14-20H2. The number of nitrogens with one attached hydrogen (secondary N) is 1. The molecule has 0 amide bonds. The lowest BCUT2D eigenvalue weighted by atomic mass is 9.77. The van der Waals surface area contributed by atoms with Crippen LogP contribution in [0.5, 0.6) is 23.0 Å². The molecule has 11 heteroatoms. The monoisotopic (exact) mass is 575 g/mol. The molecule has 1 aliphatic heterocycles. The van der Waals surface area contributed by atoms with Crippen LogP contribution in [0.3, 0.4) is 0 Å². The largest absolute Gasteiger partial charge is 0.573 e. The molecule has 0 bridgehead atoms. The van der Waals surface area contributed by atoms with Crippen molar-refractivity contribution in [1.82, 2.24) is 5.32 Å². The summed E-state index contributed by atoms with van der Waals surface area (Å²) in [6, 6.07) is 18.9. The number of benzene rings is 3. The Morgan fingerprint density at radius 2 is 1.32 bits per heavy atom. The number of carbonyl (C=O) groups is 1. The molecule has 2 aliphatic rings. The Morgan fingerprint density at radius 3 is 1.93 bits per heavy atom. The minimum absolute atomic E-state index is 0.0372. The summed E-state index contributed by atoms with van der Waals surface area (Å²) in [5.74, 6) is -0.390. The molecular weight excluding hydrogens is 547 g/mol. The van der Waals surface area contributed by atoms with Crippen molar-refractivity contribution in [3.63, 3.8) is 0 Å². The van der Waals surface area contributed by atoms with E-state index in [1.54, 1.807) is 30.3 Å². The third-order valence-corrected chi connectivity index (χ3v) is 10.1. The van der Waals surface area contributed by atoms with Crippen LogP contribution in [0.1, 0.15) is 32.1 Å². The van der Waals surface area contributed by atoms with Crippen molar-refractivity contribution in [2.75, 3.05) is 13.1 Å². The highest BCUT2D eigenvalue weighted by Gasteiger charge is 2.61. The number of esters is 1. The van der Waals surface area contributed by atoms with Crippen LogP contribution < -0.4 is 19.5 Å². The first-order valence-corrected chi connectivity index (χ1v) is 14.4. The zero-order valence-electron chi connectivity index (χ0n) is 21.4. The van der Waals surface area contributed by atoms with Gasteiger partial charge in [0.05, 0.1) is 4.90 Å². The van der Waals surface area contributed by atoms with Crippen LogP contribution in [0.2, 0.25) is 0 Å². The van der Waals surface area contributed by atoms with E-state index in [-0.39, 0.29) is 40.4 Å². The van der Waals surface area contributed by atoms with E-state index in [2.05, 4.69) is 10.1 Å². The maximum absolute atomic E-state index is 14.2. The van der Waals surface area contributed by atoms with Crippen molar-refractivity contribution < 1.29 is 40.6 Å². The minimum atomic E-state index is -4.80. The van der Waals surface area contributed by atoms with Crippen molar-refractivity contribution in [3.05, 3.63) is 78.9 Å². The van der Waals surface area contributed by atoms with Crippen LogP contribution >= 0.6 is 0 Å². The zero-order chi connectivity index (χ0) is 28.4. The van der Waals surface area contributed by atoms with Gasteiger partial charge in [-0.2, -0.15) is 0 Å². The summed E-state index contributed by atoms with van der Waals surface area (Å²) in [6.45, 7) is 1.53. The molecular formula is C29H28F3NO6S. The molecule has 2 fully saturated rings. The second kappa shape index (κ2) is 10.8. The number of halogens is 3.